The highest BCUT2D eigenvalue weighted by Crippen LogP contribution is 2.30. The van der Waals surface area contributed by atoms with E-state index in [1.54, 1.807) is 7.11 Å². The van der Waals surface area contributed by atoms with Crippen molar-refractivity contribution in [2.45, 2.75) is 45.7 Å². The van der Waals surface area contributed by atoms with Crippen LogP contribution in [-0.4, -0.2) is 38.9 Å². The van der Waals surface area contributed by atoms with Crippen molar-refractivity contribution in [3.63, 3.8) is 0 Å². The lowest BCUT2D eigenvalue weighted by molar-refractivity contribution is -0.125. The number of nitrogens with one attached hydrogen (secondary N) is 1. The number of methoxy groups -OCH3 is 1. The smallest absolute Gasteiger partial charge is 0.237 e. The highest BCUT2D eigenvalue weighted by Gasteiger charge is 2.27. The number of halogens is 1. The first-order chi connectivity index (χ1) is 12.4. The Labute approximate surface area is 168 Å². The van der Waals surface area contributed by atoms with Crippen LogP contribution in [0.3, 0.4) is 0 Å². The fourth-order valence-electron chi connectivity index (χ4n) is 3.01. The SMILES string of the molecule is COc1cc(C(C)NC(=O)C(N)C2CCOCC2)ccc1OCC(C)C.Cl. The summed E-state index contributed by atoms with van der Waals surface area (Å²) < 4.78 is 16.6. The molecule has 1 aliphatic rings. The lowest BCUT2D eigenvalue weighted by atomic mass is 9.91. The minimum Gasteiger partial charge on any atom is -0.493 e. The van der Waals surface area contributed by atoms with Crippen LogP contribution in [0.2, 0.25) is 0 Å². The second-order valence-corrected chi connectivity index (χ2v) is 7.32. The molecule has 0 saturated carbocycles. The molecular weight excluding hydrogens is 368 g/mol. The molecule has 0 radical (unpaired) electrons. The van der Waals surface area contributed by atoms with Crippen LogP contribution in [0.1, 0.15) is 45.2 Å². The third-order valence-corrected chi connectivity index (χ3v) is 4.70. The first-order valence-corrected chi connectivity index (χ1v) is 9.36. The number of carbonyl (C=O) groups excluding carboxylic acids is 1. The molecule has 0 aliphatic carbocycles. The van der Waals surface area contributed by atoms with Crippen molar-refractivity contribution in [2.24, 2.45) is 17.6 Å². The van der Waals surface area contributed by atoms with Crippen molar-refractivity contribution in [3.8, 4) is 11.5 Å². The molecule has 27 heavy (non-hydrogen) atoms. The summed E-state index contributed by atoms with van der Waals surface area (Å²) in [6.07, 6.45) is 1.66. The highest BCUT2D eigenvalue weighted by atomic mass is 35.5. The fraction of sp³-hybridized carbons (Fsp3) is 0.650. The molecule has 1 saturated heterocycles. The van der Waals surface area contributed by atoms with Gasteiger partial charge in [-0.3, -0.25) is 4.79 Å². The summed E-state index contributed by atoms with van der Waals surface area (Å²) >= 11 is 0. The number of benzene rings is 1. The third kappa shape index (κ3) is 6.87. The maximum Gasteiger partial charge on any atom is 0.237 e. The summed E-state index contributed by atoms with van der Waals surface area (Å²) in [6.45, 7) is 8.12. The molecule has 2 rings (SSSR count). The third-order valence-electron chi connectivity index (χ3n) is 4.70. The molecule has 154 valence electrons. The van der Waals surface area contributed by atoms with E-state index in [0.717, 1.165) is 18.4 Å². The van der Waals surface area contributed by atoms with Gasteiger partial charge in [0.2, 0.25) is 5.91 Å². The van der Waals surface area contributed by atoms with Crippen molar-refractivity contribution < 1.29 is 19.0 Å². The van der Waals surface area contributed by atoms with Gasteiger partial charge in [0.25, 0.3) is 0 Å². The minimum atomic E-state index is -0.503. The molecule has 6 nitrogen and oxygen atoms in total. The van der Waals surface area contributed by atoms with Crippen LogP contribution in [0, 0.1) is 11.8 Å². The molecule has 1 amide bonds. The lowest BCUT2D eigenvalue weighted by Crippen LogP contribution is -2.47. The Morgan fingerprint density at radius 1 is 1.26 bits per heavy atom. The van der Waals surface area contributed by atoms with Gasteiger partial charge in [-0.1, -0.05) is 19.9 Å². The highest BCUT2D eigenvalue weighted by molar-refractivity contribution is 5.85. The molecule has 3 N–H and O–H groups in total. The number of ether oxygens (including phenoxy) is 3. The Bertz CT molecular complexity index is 591. The van der Waals surface area contributed by atoms with Gasteiger partial charge in [-0.2, -0.15) is 0 Å². The minimum absolute atomic E-state index is 0. The Kier molecular flexibility index (Phi) is 9.91. The average molecular weight is 401 g/mol. The monoisotopic (exact) mass is 400 g/mol. The maximum absolute atomic E-state index is 12.5. The summed E-state index contributed by atoms with van der Waals surface area (Å²) in [5.41, 5.74) is 7.10. The molecule has 2 unspecified atom stereocenters. The quantitative estimate of drug-likeness (QED) is 0.700. The van der Waals surface area contributed by atoms with Gasteiger partial charge < -0.3 is 25.3 Å². The van der Waals surface area contributed by atoms with Gasteiger partial charge in [0.1, 0.15) is 0 Å². The van der Waals surface area contributed by atoms with Crippen molar-refractivity contribution in [2.75, 3.05) is 26.9 Å². The Hall–Kier alpha value is -1.50. The molecule has 0 aromatic heterocycles. The fourth-order valence-corrected chi connectivity index (χ4v) is 3.01. The van der Waals surface area contributed by atoms with Crippen LogP contribution in [0.4, 0.5) is 0 Å². The van der Waals surface area contributed by atoms with E-state index < -0.39 is 6.04 Å². The van der Waals surface area contributed by atoms with Crippen LogP contribution < -0.4 is 20.5 Å². The Balaban J connectivity index is 0.00000364. The van der Waals surface area contributed by atoms with Crippen LogP contribution >= 0.6 is 12.4 Å². The molecule has 1 fully saturated rings. The van der Waals surface area contributed by atoms with Crippen molar-refractivity contribution in [1.29, 1.82) is 0 Å². The van der Waals surface area contributed by atoms with Crippen molar-refractivity contribution >= 4 is 18.3 Å². The molecular formula is C20H33ClN2O4. The zero-order chi connectivity index (χ0) is 19.1. The van der Waals surface area contributed by atoms with Crippen molar-refractivity contribution in [3.05, 3.63) is 23.8 Å². The largest absolute Gasteiger partial charge is 0.493 e. The van der Waals surface area contributed by atoms with E-state index in [1.165, 1.54) is 0 Å². The Morgan fingerprint density at radius 2 is 1.93 bits per heavy atom. The first kappa shape index (κ1) is 23.5. The second kappa shape index (κ2) is 11.4. The van der Waals surface area contributed by atoms with Crippen LogP contribution in [-0.2, 0) is 9.53 Å². The van der Waals surface area contributed by atoms with E-state index in [0.29, 0.717) is 37.2 Å². The average Bonchev–Trinajstić information content (AvgIpc) is 2.66. The number of carbonyl (C=O) groups is 1. The van der Waals surface area contributed by atoms with Crippen LogP contribution in [0.5, 0.6) is 11.5 Å². The van der Waals surface area contributed by atoms with Gasteiger partial charge in [0.05, 0.1) is 25.8 Å². The molecule has 0 spiro atoms. The van der Waals surface area contributed by atoms with E-state index in [1.807, 2.05) is 25.1 Å². The molecule has 7 heteroatoms. The molecule has 1 aromatic rings. The van der Waals surface area contributed by atoms with Gasteiger partial charge in [-0.15, -0.1) is 12.4 Å². The Morgan fingerprint density at radius 3 is 2.52 bits per heavy atom. The molecule has 1 heterocycles. The summed E-state index contributed by atoms with van der Waals surface area (Å²) in [4.78, 5) is 12.5. The number of hydrogen-bond donors (Lipinski definition) is 2. The van der Waals surface area contributed by atoms with Gasteiger partial charge >= 0.3 is 0 Å². The van der Waals surface area contributed by atoms with Crippen LogP contribution in [0.25, 0.3) is 0 Å². The number of nitrogens with two attached hydrogens (primary N) is 1. The summed E-state index contributed by atoms with van der Waals surface area (Å²) in [5, 5.41) is 3.01. The molecule has 2 atom stereocenters. The van der Waals surface area contributed by atoms with Gasteiger partial charge in [-0.05, 0) is 49.3 Å². The zero-order valence-electron chi connectivity index (χ0n) is 16.7. The van der Waals surface area contributed by atoms with Gasteiger partial charge in [-0.25, -0.2) is 0 Å². The van der Waals surface area contributed by atoms with E-state index in [4.69, 9.17) is 19.9 Å². The van der Waals surface area contributed by atoms with Crippen LogP contribution in [0.15, 0.2) is 18.2 Å². The number of rotatable bonds is 8. The lowest BCUT2D eigenvalue weighted by Gasteiger charge is -2.28. The van der Waals surface area contributed by atoms with Crippen molar-refractivity contribution in [1.82, 2.24) is 5.32 Å². The predicted molar refractivity (Wildman–Crippen MR) is 109 cm³/mol. The van der Waals surface area contributed by atoms with Gasteiger partial charge in [0.15, 0.2) is 11.5 Å². The number of hydrogen-bond acceptors (Lipinski definition) is 5. The second-order valence-electron chi connectivity index (χ2n) is 7.32. The van der Waals surface area contributed by atoms with Gasteiger partial charge in [0, 0.05) is 13.2 Å². The van der Waals surface area contributed by atoms with E-state index in [2.05, 4.69) is 19.2 Å². The number of amides is 1. The molecule has 1 aromatic carbocycles. The summed E-state index contributed by atoms with van der Waals surface area (Å²) in [6, 6.07) is 5.07. The molecule has 1 aliphatic heterocycles. The maximum atomic E-state index is 12.5. The normalized spacial score (nSPS) is 17.0. The predicted octanol–water partition coefficient (Wildman–Crippen LogP) is 3.08. The summed E-state index contributed by atoms with van der Waals surface area (Å²) in [7, 11) is 1.62. The van der Waals surface area contributed by atoms with E-state index in [-0.39, 0.29) is 30.3 Å². The first-order valence-electron chi connectivity index (χ1n) is 9.36. The van der Waals surface area contributed by atoms with E-state index >= 15 is 0 Å². The molecule has 0 bridgehead atoms. The zero-order valence-corrected chi connectivity index (χ0v) is 17.5. The standard InChI is InChI=1S/C20H32N2O4.ClH/c1-13(2)12-26-17-6-5-16(11-18(17)24-4)14(3)22-20(23)19(21)15-7-9-25-10-8-15;/h5-6,11,13-15,19H,7-10,12,21H2,1-4H3,(H,22,23);1H. The summed E-state index contributed by atoms with van der Waals surface area (Å²) in [5.74, 6) is 1.87. The van der Waals surface area contributed by atoms with E-state index in [9.17, 15) is 4.79 Å². The topological polar surface area (TPSA) is 82.8 Å².